The van der Waals surface area contributed by atoms with Crippen LogP contribution in [0.1, 0.15) is 29.3 Å². The van der Waals surface area contributed by atoms with Gasteiger partial charge in [0.1, 0.15) is 18.7 Å². The molecule has 8 N–H and O–H groups in total. The number of phosphoric acid groups is 3. The number of aliphatic hydroxyl groups is 1. The van der Waals surface area contributed by atoms with Crippen LogP contribution in [0, 0.1) is 11.8 Å². The molecule has 3 heterocycles. The summed E-state index contributed by atoms with van der Waals surface area (Å²) in [6.45, 7) is -1.48. The maximum absolute atomic E-state index is 11.1. The Balaban J connectivity index is 1.45. The summed E-state index contributed by atoms with van der Waals surface area (Å²) in [5.74, 6) is 5.96. The van der Waals surface area contributed by atoms with E-state index in [1.807, 2.05) is 0 Å². The van der Waals surface area contributed by atoms with Gasteiger partial charge in [-0.3, -0.25) is 18.1 Å². The van der Waals surface area contributed by atoms with E-state index in [9.17, 15) is 18.8 Å². The predicted octanol–water partition coefficient (Wildman–Crippen LogP) is 0.266. The third-order valence-corrected chi connectivity index (χ3v) is 7.12. The number of rotatable bonds is 12. The Labute approximate surface area is 242 Å². The number of hydrogen-bond donors (Lipinski definition) is 8. The van der Waals surface area contributed by atoms with Crippen molar-refractivity contribution in [2.24, 2.45) is 0 Å². The Morgan fingerprint density at radius 2 is 1.56 bits per heavy atom. The molecule has 0 aliphatic carbocycles. The SMILES string of the molecule is O=P(O)(O)OCc1cc(C#CCNc2ncnc3c2ncn3[C@H]2C[C@@H](O)[C@@H](COP(=O)(O)O)O2)cc(COP(=O)(O)O)c1. The molecule has 1 aliphatic heterocycles. The van der Waals surface area contributed by atoms with Crippen LogP contribution in [0.2, 0.25) is 0 Å². The summed E-state index contributed by atoms with van der Waals surface area (Å²) in [6, 6.07) is 4.34. The summed E-state index contributed by atoms with van der Waals surface area (Å²) in [5, 5.41) is 13.2. The number of nitrogens with zero attached hydrogens (tertiary/aromatic N) is 4. The van der Waals surface area contributed by atoms with Gasteiger partial charge in [0.15, 0.2) is 17.0 Å². The van der Waals surface area contributed by atoms with Crippen molar-refractivity contribution in [1.82, 2.24) is 19.5 Å². The molecule has 234 valence electrons. The Bertz CT molecular complexity index is 1610. The highest BCUT2D eigenvalue weighted by Gasteiger charge is 2.37. The highest BCUT2D eigenvalue weighted by atomic mass is 31.2. The predicted molar refractivity (Wildman–Crippen MR) is 143 cm³/mol. The second-order valence-electron chi connectivity index (χ2n) is 8.99. The molecule has 19 nitrogen and oxygen atoms in total. The van der Waals surface area contributed by atoms with Crippen LogP contribution >= 0.6 is 23.5 Å². The van der Waals surface area contributed by atoms with E-state index in [4.69, 9.17) is 34.1 Å². The van der Waals surface area contributed by atoms with Crippen molar-refractivity contribution < 1.29 is 66.5 Å². The lowest BCUT2D eigenvalue weighted by molar-refractivity contribution is -0.0424. The third kappa shape index (κ3) is 10.2. The van der Waals surface area contributed by atoms with Gasteiger partial charge >= 0.3 is 23.5 Å². The number of fused-ring (bicyclic) bond motifs is 1. The first-order valence-electron chi connectivity index (χ1n) is 12.0. The molecule has 1 fully saturated rings. The largest absolute Gasteiger partial charge is 0.469 e. The smallest absolute Gasteiger partial charge is 0.390 e. The summed E-state index contributed by atoms with van der Waals surface area (Å²) < 4.78 is 53.8. The Hall–Kier alpha value is -2.62. The first-order valence-corrected chi connectivity index (χ1v) is 16.6. The van der Waals surface area contributed by atoms with Crippen molar-refractivity contribution in [2.45, 2.75) is 38.1 Å². The van der Waals surface area contributed by atoms with Gasteiger partial charge < -0.3 is 44.5 Å². The number of aromatic nitrogens is 4. The summed E-state index contributed by atoms with van der Waals surface area (Å²) in [7, 11) is -14.3. The standard InChI is InChI=1S/C21H26N5O14P3/c27-16-7-18(40-17(16)10-39-43(34,35)36)26-12-25-19-20(23-11-24-21(19)26)22-3-1-2-13-4-14(8-37-41(28,29)30)6-15(5-13)9-38-42(31,32)33/h4-6,11-12,16-18,27H,3,7-10H2,(H,22,23,24)(H2,28,29,30)(H2,31,32,33)(H2,34,35,36)/t16-,17-,18-/m1/s1. The van der Waals surface area contributed by atoms with E-state index >= 15 is 0 Å². The molecule has 22 heteroatoms. The molecule has 0 amide bonds. The second-order valence-corrected chi connectivity index (χ2v) is 12.7. The minimum Gasteiger partial charge on any atom is -0.390 e. The number of anilines is 1. The first kappa shape index (κ1) is 33.3. The molecule has 1 aliphatic rings. The van der Waals surface area contributed by atoms with Gasteiger partial charge in [0, 0.05) is 12.0 Å². The first-order chi connectivity index (χ1) is 20.1. The number of phosphoric ester groups is 3. The molecule has 0 unspecified atom stereocenters. The number of ether oxygens (including phenoxy) is 1. The number of aliphatic hydroxyl groups excluding tert-OH is 1. The zero-order valence-corrected chi connectivity index (χ0v) is 24.5. The highest BCUT2D eigenvalue weighted by Crippen LogP contribution is 2.40. The average molecular weight is 665 g/mol. The van der Waals surface area contributed by atoms with Gasteiger partial charge in [-0.25, -0.2) is 28.6 Å². The van der Waals surface area contributed by atoms with Crippen LogP contribution in [0.15, 0.2) is 30.9 Å². The number of hydrogen-bond acceptors (Lipinski definition) is 12. The molecule has 3 aromatic rings. The second kappa shape index (κ2) is 13.6. The highest BCUT2D eigenvalue weighted by molar-refractivity contribution is 7.46. The van der Waals surface area contributed by atoms with Gasteiger partial charge in [-0.15, -0.1) is 0 Å². The maximum atomic E-state index is 11.1. The molecule has 0 bridgehead atoms. The lowest BCUT2D eigenvalue weighted by atomic mass is 10.1. The molecular weight excluding hydrogens is 639 g/mol. The van der Waals surface area contributed by atoms with Gasteiger partial charge in [-0.2, -0.15) is 0 Å². The number of benzene rings is 1. The molecule has 1 saturated heterocycles. The molecule has 4 rings (SSSR count). The van der Waals surface area contributed by atoms with Gasteiger partial charge in [0.2, 0.25) is 0 Å². The van der Waals surface area contributed by atoms with E-state index in [1.54, 1.807) is 0 Å². The van der Waals surface area contributed by atoms with E-state index in [1.165, 1.54) is 35.4 Å². The average Bonchev–Trinajstić information content (AvgIpc) is 3.50. The van der Waals surface area contributed by atoms with Gasteiger partial charge in [0.25, 0.3) is 0 Å². The van der Waals surface area contributed by atoms with Crippen molar-refractivity contribution in [3.8, 4) is 11.8 Å². The number of nitrogens with one attached hydrogen (secondary N) is 1. The van der Waals surface area contributed by atoms with E-state index in [0.717, 1.165) is 0 Å². The van der Waals surface area contributed by atoms with Crippen LogP contribution in [0.5, 0.6) is 0 Å². The van der Waals surface area contributed by atoms with Crippen molar-refractivity contribution in [1.29, 1.82) is 0 Å². The van der Waals surface area contributed by atoms with Crippen LogP contribution in [0.3, 0.4) is 0 Å². The Morgan fingerprint density at radius 1 is 0.930 bits per heavy atom. The fourth-order valence-corrected chi connectivity index (χ4v) is 4.97. The zero-order chi connectivity index (χ0) is 31.4. The maximum Gasteiger partial charge on any atom is 0.469 e. The molecule has 0 radical (unpaired) electrons. The molecule has 0 saturated carbocycles. The lowest BCUT2D eigenvalue weighted by Gasteiger charge is -2.16. The monoisotopic (exact) mass is 665 g/mol. The van der Waals surface area contributed by atoms with Crippen LogP contribution < -0.4 is 5.32 Å². The van der Waals surface area contributed by atoms with Crippen molar-refractivity contribution in [3.05, 3.63) is 47.5 Å². The molecule has 43 heavy (non-hydrogen) atoms. The molecule has 0 spiro atoms. The molecule has 3 atom stereocenters. The van der Waals surface area contributed by atoms with Gasteiger partial charge in [0.05, 0.1) is 38.8 Å². The van der Waals surface area contributed by atoms with Crippen molar-refractivity contribution >= 4 is 40.4 Å². The van der Waals surface area contributed by atoms with Gasteiger partial charge in [-0.05, 0) is 23.3 Å². The van der Waals surface area contributed by atoms with Crippen LogP contribution in [-0.2, 0) is 45.2 Å². The summed E-state index contributed by atoms with van der Waals surface area (Å²) >= 11 is 0. The van der Waals surface area contributed by atoms with Gasteiger partial charge in [-0.1, -0.05) is 17.9 Å². The fraction of sp³-hybridized carbons (Fsp3) is 0.381. The molecular formula is C21H26N5O14P3. The Morgan fingerprint density at radius 3 is 2.16 bits per heavy atom. The summed E-state index contributed by atoms with van der Waals surface area (Å²) in [4.78, 5) is 66.4. The number of imidazole rings is 1. The van der Waals surface area contributed by atoms with E-state index < -0.39 is 61.7 Å². The molecule has 2 aromatic heterocycles. The quantitative estimate of drug-likeness (QED) is 0.0951. The van der Waals surface area contributed by atoms with Crippen LogP contribution in [0.25, 0.3) is 11.2 Å². The Kier molecular flexibility index (Phi) is 10.5. The minimum atomic E-state index is -4.78. The van der Waals surface area contributed by atoms with E-state index in [-0.39, 0.29) is 24.1 Å². The topological polar surface area (TPSA) is 285 Å². The van der Waals surface area contributed by atoms with Crippen LogP contribution in [0.4, 0.5) is 5.82 Å². The van der Waals surface area contributed by atoms with Crippen molar-refractivity contribution in [3.63, 3.8) is 0 Å². The van der Waals surface area contributed by atoms with Crippen molar-refractivity contribution in [2.75, 3.05) is 18.5 Å². The summed E-state index contributed by atoms with van der Waals surface area (Å²) in [6.07, 6.45) is -0.0540. The zero-order valence-electron chi connectivity index (χ0n) is 21.8. The lowest BCUT2D eigenvalue weighted by Crippen LogP contribution is -2.25. The molecule has 1 aromatic carbocycles. The van der Waals surface area contributed by atoms with E-state index in [0.29, 0.717) is 22.5 Å². The van der Waals surface area contributed by atoms with Crippen LogP contribution in [-0.4, -0.2) is 79.3 Å². The third-order valence-electron chi connectivity index (χ3n) is 5.71. The normalized spacial score (nSPS) is 19.4. The summed E-state index contributed by atoms with van der Waals surface area (Å²) in [5.41, 5.74) is 1.55. The fourth-order valence-electron chi connectivity index (χ4n) is 3.99. The minimum absolute atomic E-state index is 0.0386. The van der Waals surface area contributed by atoms with E-state index in [2.05, 4.69) is 45.7 Å².